The molecule has 0 spiro atoms. The summed E-state index contributed by atoms with van der Waals surface area (Å²) in [5.41, 5.74) is 0. The Morgan fingerprint density at radius 2 is 2.75 bits per heavy atom. The number of carbonyl (C=O) groups excluding carboxylic acids is 1. The lowest BCUT2D eigenvalue weighted by atomic mass is 10.4. The largest absolute Gasteiger partial charge is 0.289 e. The SMILES string of the molecule is O=[C]C1N=CCCN1. The van der Waals surface area contributed by atoms with Crippen LogP contribution in [-0.4, -0.2) is 25.2 Å². The first kappa shape index (κ1) is 5.44. The summed E-state index contributed by atoms with van der Waals surface area (Å²) in [5.74, 6) is 0. The second-order valence-electron chi connectivity index (χ2n) is 1.59. The Morgan fingerprint density at radius 1 is 1.88 bits per heavy atom. The lowest BCUT2D eigenvalue weighted by molar-refractivity contribution is 0.517. The van der Waals surface area contributed by atoms with E-state index >= 15 is 0 Å². The zero-order valence-corrected chi connectivity index (χ0v) is 4.42. The van der Waals surface area contributed by atoms with Crippen LogP contribution in [0, 0.1) is 0 Å². The van der Waals surface area contributed by atoms with Crippen molar-refractivity contribution in [3.05, 3.63) is 0 Å². The molecule has 1 unspecified atom stereocenters. The van der Waals surface area contributed by atoms with Gasteiger partial charge in [0.05, 0.1) is 0 Å². The summed E-state index contributed by atoms with van der Waals surface area (Å²) in [5, 5.41) is 2.85. The van der Waals surface area contributed by atoms with E-state index in [0.29, 0.717) is 0 Å². The van der Waals surface area contributed by atoms with E-state index in [9.17, 15) is 4.79 Å². The predicted octanol–water partition coefficient (Wildman–Crippen LogP) is -0.514. The van der Waals surface area contributed by atoms with Crippen LogP contribution in [-0.2, 0) is 4.79 Å². The van der Waals surface area contributed by atoms with Gasteiger partial charge in [0.2, 0.25) is 6.29 Å². The number of nitrogens with one attached hydrogen (secondary N) is 1. The number of hydrogen-bond acceptors (Lipinski definition) is 3. The third-order valence-electron chi connectivity index (χ3n) is 0.977. The minimum absolute atomic E-state index is 0.399. The molecule has 3 nitrogen and oxygen atoms in total. The molecule has 0 aromatic heterocycles. The third-order valence-corrected chi connectivity index (χ3v) is 0.977. The first-order valence-corrected chi connectivity index (χ1v) is 2.56. The van der Waals surface area contributed by atoms with Crippen LogP contribution < -0.4 is 5.32 Å². The predicted molar refractivity (Wildman–Crippen MR) is 30.6 cm³/mol. The van der Waals surface area contributed by atoms with E-state index in [1.54, 1.807) is 12.5 Å². The fourth-order valence-corrected chi connectivity index (χ4v) is 0.589. The van der Waals surface area contributed by atoms with Crippen molar-refractivity contribution in [1.29, 1.82) is 0 Å². The molecule has 1 aliphatic rings. The van der Waals surface area contributed by atoms with Crippen molar-refractivity contribution in [2.24, 2.45) is 4.99 Å². The molecule has 8 heavy (non-hydrogen) atoms. The molecule has 0 saturated heterocycles. The van der Waals surface area contributed by atoms with E-state index < -0.39 is 6.17 Å². The molecule has 1 rings (SSSR count). The molecule has 1 heterocycles. The van der Waals surface area contributed by atoms with Crippen LogP contribution in [0.4, 0.5) is 0 Å². The summed E-state index contributed by atoms with van der Waals surface area (Å²) in [4.78, 5) is 13.6. The third kappa shape index (κ3) is 1.13. The van der Waals surface area contributed by atoms with Crippen molar-refractivity contribution >= 4 is 12.5 Å². The summed E-state index contributed by atoms with van der Waals surface area (Å²) < 4.78 is 0. The van der Waals surface area contributed by atoms with Gasteiger partial charge in [-0.1, -0.05) is 0 Å². The maximum absolute atomic E-state index is 9.86. The lowest BCUT2D eigenvalue weighted by Crippen LogP contribution is -2.32. The Kier molecular flexibility index (Phi) is 1.75. The van der Waals surface area contributed by atoms with E-state index in [1.165, 1.54) is 0 Å². The summed E-state index contributed by atoms with van der Waals surface area (Å²) in [6.07, 6.45) is 4.00. The van der Waals surface area contributed by atoms with Gasteiger partial charge in [0.25, 0.3) is 0 Å². The molecule has 0 aromatic carbocycles. The summed E-state index contributed by atoms with van der Waals surface area (Å²) >= 11 is 0. The fourth-order valence-electron chi connectivity index (χ4n) is 0.589. The highest BCUT2D eigenvalue weighted by Crippen LogP contribution is 1.87. The van der Waals surface area contributed by atoms with Crippen LogP contribution in [0.15, 0.2) is 4.99 Å². The molecule has 0 bridgehead atoms. The molecular formula is C5H7N2O. The lowest BCUT2D eigenvalue weighted by Gasteiger charge is -2.09. The Morgan fingerprint density at radius 3 is 3.12 bits per heavy atom. The van der Waals surface area contributed by atoms with Gasteiger partial charge in [-0.05, 0) is 6.42 Å². The molecule has 43 valence electrons. The van der Waals surface area contributed by atoms with Gasteiger partial charge in [0.1, 0.15) is 0 Å². The van der Waals surface area contributed by atoms with Gasteiger partial charge >= 0.3 is 0 Å². The highest BCUT2D eigenvalue weighted by molar-refractivity contribution is 5.66. The second kappa shape index (κ2) is 2.57. The maximum atomic E-state index is 9.86. The number of rotatable bonds is 1. The maximum Gasteiger partial charge on any atom is 0.240 e. The van der Waals surface area contributed by atoms with Gasteiger partial charge < -0.3 is 0 Å². The van der Waals surface area contributed by atoms with Crippen molar-refractivity contribution in [2.45, 2.75) is 12.6 Å². The van der Waals surface area contributed by atoms with Crippen LogP contribution in [0.25, 0.3) is 0 Å². The molecular weight excluding hydrogens is 104 g/mol. The van der Waals surface area contributed by atoms with Gasteiger partial charge in [-0.2, -0.15) is 0 Å². The number of nitrogens with zero attached hydrogens (tertiary/aromatic N) is 1. The van der Waals surface area contributed by atoms with E-state index in [4.69, 9.17) is 0 Å². The molecule has 3 heteroatoms. The average Bonchev–Trinajstić information content (AvgIpc) is 1.90. The molecule has 1 aliphatic heterocycles. The van der Waals surface area contributed by atoms with Gasteiger partial charge in [-0.25, -0.2) is 0 Å². The Balaban J connectivity index is 2.42. The fraction of sp³-hybridized carbons (Fsp3) is 0.600. The van der Waals surface area contributed by atoms with E-state index in [1.807, 2.05) is 0 Å². The zero-order valence-electron chi connectivity index (χ0n) is 4.42. The van der Waals surface area contributed by atoms with Gasteiger partial charge in [-0.3, -0.25) is 15.1 Å². The van der Waals surface area contributed by atoms with E-state index in [0.717, 1.165) is 13.0 Å². The van der Waals surface area contributed by atoms with Crippen molar-refractivity contribution in [2.75, 3.05) is 6.54 Å². The van der Waals surface area contributed by atoms with E-state index in [2.05, 4.69) is 10.3 Å². The van der Waals surface area contributed by atoms with Gasteiger partial charge in [0, 0.05) is 12.8 Å². The van der Waals surface area contributed by atoms with Crippen LogP contribution in [0.5, 0.6) is 0 Å². The quantitative estimate of drug-likeness (QED) is 0.495. The zero-order chi connectivity index (χ0) is 5.82. The number of aliphatic imine (C=N–C) groups is 1. The molecule has 0 fully saturated rings. The standard InChI is InChI=1S/C5H7N2O/c8-4-5-6-2-1-3-7-5/h2,5,7H,1,3H2. The summed E-state index contributed by atoms with van der Waals surface area (Å²) in [6, 6.07) is 0. The van der Waals surface area contributed by atoms with Crippen LogP contribution >= 0.6 is 0 Å². The average molecular weight is 111 g/mol. The Labute approximate surface area is 47.8 Å². The first-order chi connectivity index (χ1) is 3.93. The second-order valence-corrected chi connectivity index (χ2v) is 1.59. The molecule has 0 aromatic rings. The molecule has 1 N–H and O–H groups in total. The van der Waals surface area contributed by atoms with Crippen molar-refractivity contribution in [1.82, 2.24) is 5.32 Å². The topological polar surface area (TPSA) is 41.5 Å². The van der Waals surface area contributed by atoms with Crippen molar-refractivity contribution < 1.29 is 4.79 Å². The Bertz CT molecular complexity index is 111. The minimum atomic E-state index is -0.399. The van der Waals surface area contributed by atoms with Crippen molar-refractivity contribution in [3.8, 4) is 0 Å². The van der Waals surface area contributed by atoms with Crippen LogP contribution in [0.3, 0.4) is 0 Å². The first-order valence-electron chi connectivity index (χ1n) is 2.56. The molecule has 1 radical (unpaired) electrons. The smallest absolute Gasteiger partial charge is 0.240 e. The summed E-state index contributed by atoms with van der Waals surface area (Å²) in [6.45, 7) is 0.837. The van der Waals surface area contributed by atoms with Crippen LogP contribution in [0.2, 0.25) is 0 Å². The van der Waals surface area contributed by atoms with Gasteiger partial charge in [0.15, 0.2) is 6.17 Å². The summed E-state index contributed by atoms with van der Waals surface area (Å²) in [7, 11) is 0. The highest BCUT2D eigenvalue weighted by Gasteiger charge is 2.04. The van der Waals surface area contributed by atoms with Crippen molar-refractivity contribution in [3.63, 3.8) is 0 Å². The van der Waals surface area contributed by atoms with Gasteiger partial charge in [-0.15, -0.1) is 0 Å². The molecule has 0 saturated carbocycles. The normalized spacial score (nSPS) is 27.8. The molecule has 0 amide bonds. The molecule has 1 atom stereocenters. The van der Waals surface area contributed by atoms with E-state index in [-0.39, 0.29) is 0 Å². The minimum Gasteiger partial charge on any atom is -0.289 e. The highest BCUT2D eigenvalue weighted by atomic mass is 16.1. The Hall–Kier alpha value is -0.700. The number of hydrogen-bond donors (Lipinski definition) is 1. The van der Waals surface area contributed by atoms with Crippen LogP contribution in [0.1, 0.15) is 6.42 Å². The monoisotopic (exact) mass is 111 g/mol. The molecule has 0 aliphatic carbocycles.